The van der Waals surface area contributed by atoms with Gasteiger partial charge in [0.15, 0.2) is 11.0 Å². The molecule has 1 atom stereocenters. The predicted octanol–water partition coefficient (Wildman–Crippen LogP) is 3.50. The van der Waals surface area contributed by atoms with E-state index in [9.17, 15) is 9.59 Å². The van der Waals surface area contributed by atoms with Crippen molar-refractivity contribution in [1.82, 2.24) is 19.7 Å². The van der Waals surface area contributed by atoms with Crippen molar-refractivity contribution in [2.75, 3.05) is 5.32 Å². The first kappa shape index (κ1) is 19.8. The Kier molecular flexibility index (Phi) is 5.37. The van der Waals surface area contributed by atoms with E-state index in [1.807, 2.05) is 19.1 Å². The van der Waals surface area contributed by atoms with E-state index >= 15 is 0 Å². The smallest absolute Gasteiger partial charge is 0.267 e. The van der Waals surface area contributed by atoms with Crippen LogP contribution in [0.3, 0.4) is 0 Å². The van der Waals surface area contributed by atoms with Gasteiger partial charge in [0.1, 0.15) is 11.6 Å². The van der Waals surface area contributed by atoms with Gasteiger partial charge in [-0.1, -0.05) is 35.1 Å². The predicted molar refractivity (Wildman–Crippen MR) is 115 cm³/mol. The van der Waals surface area contributed by atoms with E-state index in [1.165, 1.54) is 16.3 Å². The number of amides is 1. The maximum atomic E-state index is 13.2. The highest BCUT2D eigenvalue weighted by molar-refractivity contribution is 8.00. The van der Waals surface area contributed by atoms with Crippen LogP contribution >= 0.6 is 11.8 Å². The minimum Gasteiger partial charge on any atom is -0.360 e. The van der Waals surface area contributed by atoms with E-state index < -0.39 is 5.25 Å². The summed E-state index contributed by atoms with van der Waals surface area (Å²) < 4.78 is 6.42. The Bertz CT molecular complexity index is 1280. The van der Waals surface area contributed by atoms with Crippen molar-refractivity contribution in [1.29, 1.82) is 0 Å². The quantitative estimate of drug-likeness (QED) is 0.388. The summed E-state index contributed by atoms with van der Waals surface area (Å²) in [7, 11) is 0. The highest BCUT2D eigenvalue weighted by Crippen LogP contribution is 2.25. The van der Waals surface area contributed by atoms with Crippen molar-refractivity contribution in [2.24, 2.45) is 0 Å². The molecule has 8 nitrogen and oxygen atoms in total. The molecule has 1 unspecified atom stereocenters. The number of fused-ring (bicyclic) bond motifs is 1. The number of rotatable bonds is 5. The van der Waals surface area contributed by atoms with Crippen LogP contribution in [0.1, 0.15) is 18.2 Å². The molecule has 0 aliphatic rings. The molecule has 0 saturated carbocycles. The second kappa shape index (κ2) is 8.11. The summed E-state index contributed by atoms with van der Waals surface area (Å²) in [5, 5.41) is 6.80. The van der Waals surface area contributed by atoms with Gasteiger partial charge in [-0.3, -0.25) is 9.59 Å². The average molecular weight is 421 g/mol. The van der Waals surface area contributed by atoms with Crippen LogP contribution in [0.5, 0.6) is 0 Å². The van der Waals surface area contributed by atoms with Crippen LogP contribution in [0.25, 0.3) is 16.7 Å². The number of carbonyl (C=O) groups excluding carboxylic acids is 1. The summed E-state index contributed by atoms with van der Waals surface area (Å²) in [4.78, 5) is 34.9. The van der Waals surface area contributed by atoms with Crippen LogP contribution in [0.15, 0.2) is 63.1 Å². The number of anilines is 1. The lowest BCUT2D eigenvalue weighted by Crippen LogP contribution is -2.26. The van der Waals surface area contributed by atoms with Crippen molar-refractivity contribution >= 4 is 34.4 Å². The molecule has 0 spiro atoms. The molecule has 0 fully saturated rings. The van der Waals surface area contributed by atoms with Gasteiger partial charge in [0, 0.05) is 12.3 Å². The lowest BCUT2D eigenvalue weighted by Gasteiger charge is -2.15. The lowest BCUT2D eigenvalue weighted by molar-refractivity contribution is -0.115. The third-order valence-corrected chi connectivity index (χ3v) is 5.45. The zero-order chi connectivity index (χ0) is 21.3. The van der Waals surface area contributed by atoms with E-state index in [0.717, 1.165) is 5.56 Å². The zero-order valence-corrected chi connectivity index (χ0v) is 17.4. The van der Waals surface area contributed by atoms with Gasteiger partial charge >= 0.3 is 0 Å². The fourth-order valence-electron chi connectivity index (χ4n) is 2.85. The molecule has 1 aromatic carbocycles. The first-order valence-corrected chi connectivity index (χ1v) is 10.2. The molecule has 3 aromatic heterocycles. The third-order valence-electron chi connectivity index (χ3n) is 4.40. The van der Waals surface area contributed by atoms with E-state index in [2.05, 4.69) is 20.4 Å². The van der Waals surface area contributed by atoms with Gasteiger partial charge in [0.2, 0.25) is 5.91 Å². The molecule has 0 aliphatic carbocycles. The topological polar surface area (TPSA) is 103 Å². The molecule has 0 saturated heterocycles. The van der Waals surface area contributed by atoms with Crippen molar-refractivity contribution in [2.45, 2.75) is 31.2 Å². The number of nitrogens with zero attached hydrogens (tertiary/aromatic N) is 4. The summed E-state index contributed by atoms with van der Waals surface area (Å²) in [5.41, 5.74) is 1.30. The minimum atomic E-state index is -0.549. The fraction of sp³-hybridized carbons (Fsp3) is 0.190. The van der Waals surface area contributed by atoms with E-state index in [4.69, 9.17) is 4.52 Å². The summed E-state index contributed by atoms with van der Waals surface area (Å²) in [6.45, 7) is 5.40. The molecule has 0 bridgehead atoms. The van der Waals surface area contributed by atoms with Crippen LogP contribution in [0.4, 0.5) is 5.82 Å². The number of thioether (sulfide) groups is 1. The minimum absolute atomic E-state index is 0.237. The lowest BCUT2D eigenvalue weighted by atomic mass is 10.2. The average Bonchev–Trinajstić information content (AvgIpc) is 3.14. The first-order valence-electron chi connectivity index (χ1n) is 9.28. The van der Waals surface area contributed by atoms with Gasteiger partial charge < -0.3 is 9.84 Å². The van der Waals surface area contributed by atoms with Crippen LogP contribution in [-0.4, -0.2) is 30.8 Å². The molecule has 4 aromatic rings. The Morgan fingerprint density at radius 3 is 2.70 bits per heavy atom. The summed E-state index contributed by atoms with van der Waals surface area (Å²) in [6.07, 6.45) is 1.69. The summed E-state index contributed by atoms with van der Waals surface area (Å²) in [5.74, 6) is 1.11. The van der Waals surface area contributed by atoms with Gasteiger partial charge in [0.25, 0.3) is 5.56 Å². The number of nitrogens with one attached hydrogen (secondary N) is 1. The number of hydrogen-bond donors (Lipinski definition) is 1. The number of aryl methyl sites for hydroxylation is 2. The molecule has 0 radical (unpaired) electrons. The number of pyridine rings is 1. The summed E-state index contributed by atoms with van der Waals surface area (Å²) in [6, 6.07) is 12.4. The van der Waals surface area contributed by atoms with Gasteiger partial charge in [-0.05, 0) is 44.5 Å². The zero-order valence-electron chi connectivity index (χ0n) is 16.6. The van der Waals surface area contributed by atoms with E-state index in [-0.39, 0.29) is 11.5 Å². The molecule has 1 amide bonds. The number of carbonyl (C=O) groups is 1. The largest absolute Gasteiger partial charge is 0.360 e. The Hall–Kier alpha value is -3.46. The van der Waals surface area contributed by atoms with Crippen molar-refractivity contribution in [3.05, 3.63) is 70.3 Å². The molecule has 0 aliphatic heterocycles. The molecule has 4 rings (SSSR count). The number of benzene rings is 1. The standard InChI is InChI=1S/C21H19N5O3S/c1-12-8-9-18(22-11-12)26-20(28)15-6-4-5-7-16(15)23-21(26)30-14(3)19(27)24-17-10-13(2)29-25-17/h4-11,14H,1-3H3,(H,24,25,27). The molecule has 3 heterocycles. The monoisotopic (exact) mass is 421 g/mol. The van der Waals surface area contributed by atoms with Crippen LogP contribution in [-0.2, 0) is 4.79 Å². The van der Waals surface area contributed by atoms with Crippen molar-refractivity contribution < 1.29 is 9.32 Å². The molecule has 30 heavy (non-hydrogen) atoms. The van der Waals surface area contributed by atoms with E-state index in [0.29, 0.717) is 33.5 Å². The normalized spacial score (nSPS) is 12.1. The number of aromatic nitrogens is 4. The molecular formula is C21H19N5O3S. The van der Waals surface area contributed by atoms with Gasteiger partial charge in [-0.25, -0.2) is 14.5 Å². The molecular weight excluding hydrogens is 402 g/mol. The van der Waals surface area contributed by atoms with Gasteiger partial charge in [-0.15, -0.1) is 0 Å². The highest BCUT2D eigenvalue weighted by atomic mass is 32.2. The molecule has 1 N–H and O–H groups in total. The fourth-order valence-corrected chi connectivity index (χ4v) is 3.77. The first-order chi connectivity index (χ1) is 14.4. The van der Waals surface area contributed by atoms with Crippen molar-refractivity contribution in [3.63, 3.8) is 0 Å². The third kappa shape index (κ3) is 3.97. The Morgan fingerprint density at radius 1 is 1.20 bits per heavy atom. The van der Waals surface area contributed by atoms with Crippen LogP contribution in [0.2, 0.25) is 0 Å². The van der Waals surface area contributed by atoms with Crippen molar-refractivity contribution in [3.8, 4) is 5.82 Å². The maximum absolute atomic E-state index is 13.2. The maximum Gasteiger partial charge on any atom is 0.267 e. The van der Waals surface area contributed by atoms with Crippen LogP contribution < -0.4 is 10.9 Å². The SMILES string of the molecule is Cc1ccc(-n2c(SC(C)C(=O)Nc3cc(C)on3)nc3ccccc3c2=O)nc1. The highest BCUT2D eigenvalue weighted by Gasteiger charge is 2.21. The molecule has 152 valence electrons. The molecule has 9 heteroatoms. The Labute approximate surface area is 176 Å². The van der Waals surface area contributed by atoms with Gasteiger partial charge in [0.05, 0.1) is 16.2 Å². The van der Waals surface area contributed by atoms with Crippen LogP contribution in [0, 0.1) is 13.8 Å². The Balaban J connectivity index is 1.73. The second-order valence-corrected chi connectivity index (χ2v) is 8.13. The number of para-hydroxylation sites is 1. The Morgan fingerprint density at radius 2 is 2.00 bits per heavy atom. The second-order valence-electron chi connectivity index (χ2n) is 6.82. The van der Waals surface area contributed by atoms with Gasteiger partial charge in [-0.2, -0.15) is 0 Å². The number of hydrogen-bond acceptors (Lipinski definition) is 7. The van der Waals surface area contributed by atoms with E-state index in [1.54, 1.807) is 50.4 Å². The summed E-state index contributed by atoms with van der Waals surface area (Å²) >= 11 is 1.17.